The second-order valence-corrected chi connectivity index (χ2v) is 6.03. The van der Waals surface area contributed by atoms with Crippen molar-refractivity contribution in [2.45, 2.75) is 6.54 Å². The van der Waals surface area contributed by atoms with Crippen LogP contribution in [0.15, 0.2) is 64.1 Å². The molecule has 5 nitrogen and oxygen atoms in total. The molecule has 0 aliphatic heterocycles. The van der Waals surface area contributed by atoms with E-state index in [0.29, 0.717) is 6.54 Å². The summed E-state index contributed by atoms with van der Waals surface area (Å²) in [7, 11) is 1.65. The zero-order chi connectivity index (χ0) is 16.8. The van der Waals surface area contributed by atoms with Gasteiger partial charge in [-0.15, -0.1) is 16.4 Å². The summed E-state index contributed by atoms with van der Waals surface area (Å²) in [5.74, 6) is 1.11. The molecule has 0 aliphatic carbocycles. The number of nitrogens with two attached hydrogens (primary N) is 1. The van der Waals surface area contributed by atoms with Crippen LogP contribution in [-0.2, 0) is 6.54 Å². The van der Waals surface area contributed by atoms with Gasteiger partial charge in [-0.05, 0) is 23.8 Å². The van der Waals surface area contributed by atoms with Gasteiger partial charge in [0.15, 0.2) is 0 Å². The molecule has 1 aromatic heterocycles. The summed E-state index contributed by atoms with van der Waals surface area (Å²) in [4.78, 5) is 0. The number of benzene rings is 2. The Balaban J connectivity index is 1.59. The number of hydrogen-bond donors (Lipinski definition) is 2. The molecular formula is C18H18N4OS. The van der Waals surface area contributed by atoms with E-state index >= 15 is 0 Å². The second-order valence-electron chi connectivity index (χ2n) is 5.12. The molecule has 24 heavy (non-hydrogen) atoms. The maximum absolute atomic E-state index is 5.83. The summed E-state index contributed by atoms with van der Waals surface area (Å²) in [6.45, 7) is 0.580. The SMILES string of the molecule is COc1ccc(CN/C(N)=N/N=C/c2csc3ccccc23)cc1. The molecule has 0 amide bonds. The van der Waals surface area contributed by atoms with Crippen LogP contribution in [0.25, 0.3) is 10.1 Å². The Morgan fingerprint density at radius 3 is 2.79 bits per heavy atom. The van der Waals surface area contributed by atoms with Crippen LogP contribution in [0.3, 0.4) is 0 Å². The smallest absolute Gasteiger partial charge is 0.214 e. The largest absolute Gasteiger partial charge is 0.497 e. The van der Waals surface area contributed by atoms with Crippen molar-refractivity contribution < 1.29 is 4.74 Å². The fourth-order valence-corrected chi connectivity index (χ4v) is 3.13. The minimum absolute atomic E-state index is 0.279. The molecule has 2 aromatic carbocycles. The highest BCUT2D eigenvalue weighted by molar-refractivity contribution is 7.17. The lowest BCUT2D eigenvalue weighted by molar-refractivity contribution is 0.414. The van der Waals surface area contributed by atoms with Gasteiger partial charge in [-0.2, -0.15) is 5.10 Å². The van der Waals surface area contributed by atoms with E-state index in [4.69, 9.17) is 10.5 Å². The predicted octanol–water partition coefficient (Wildman–Crippen LogP) is 3.35. The van der Waals surface area contributed by atoms with Gasteiger partial charge in [0.05, 0.1) is 13.3 Å². The summed E-state index contributed by atoms with van der Waals surface area (Å²) in [5, 5.41) is 14.3. The summed E-state index contributed by atoms with van der Waals surface area (Å²) in [6, 6.07) is 16.0. The van der Waals surface area contributed by atoms with Crippen molar-refractivity contribution in [2.75, 3.05) is 7.11 Å². The van der Waals surface area contributed by atoms with Crippen LogP contribution in [0.2, 0.25) is 0 Å². The number of fused-ring (bicyclic) bond motifs is 1. The molecule has 3 aromatic rings. The number of thiophene rings is 1. The number of nitrogens with one attached hydrogen (secondary N) is 1. The van der Waals surface area contributed by atoms with Gasteiger partial charge in [0.25, 0.3) is 0 Å². The van der Waals surface area contributed by atoms with Crippen LogP contribution in [0.4, 0.5) is 0 Å². The number of rotatable bonds is 5. The molecule has 0 bridgehead atoms. The highest BCUT2D eigenvalue weighted by atomic mass is 32.1. The molecule has 0 aliphatic rings. The molecular weight excluding hydrogens is 320 g/mol. The highest BCUT2D eigenvalue weighted by Crippen LogP contribution is 2.24. The molecule has 6 heteroatoms. The molecule has 0 saturated heterocycles. The third-order valence-corrected chi connectivity index (χ3v) is 4.49. The fraction of sp³-hybridized carbons (Fsp3) is 0.111. The first-order valence-electron chi connectivity index (χ1n) is 7.46. The summed E-state index contributed by atoms with van der Waals surface area (Å²) < 4.78 is 6.36. The Labute approximate surface area is 144 Å². The number of nitrogens with zero attached hydrogens (tertiary/aromatic N) is 2. The van der Waals surface area contributed by atoms with Crippen LogP contribution < -0.4 is 15.8 Å². The quantitative estimate of drug-likeness (QED) is 0.426. The third-order valence-electron chi connectivity index (χ3n) is 3.51. The van der Waals surface area contributed by atoms with Crippen molar-refractivity contribution in [1.82, 2.24) is 5.32 Å². The van der Waals surface area contributed by atoms with Gasteiger partial charge < -0.3 is 15.8 Å². The fourth-order valence-electron chi connectivity index (χ4n) is 2.22. The van der Waals surface area contributed by atoms with Gasteiger partial charge in [0, 0.05) is 27.6 Å². The summed E-state index contributed by atoms with van der Waals surface area (Å²) in [6.07, 6.45) is 1.72. The van der Waals surface area contributed by atoms with Crippen LogP contribution in [0, 0.1) is 0 Å². The summed E-state index contributed by atoms with van der Waals surface area (Å²) >= 11 is 1.69. The molecule has 122 valence electrons. The molecule has 0 fully saturated rings. The Morgan fingerprint density at radius 1 is 1.21 bits per heavy atom. The Kier molecular flexibility index (Phi) is 5.08. The minimum atomic E-state index is 0.279. The monoisotopic (exact) mass is 338 g/mol. The first kappa shape index (κ1) is 16.0. The number of ether oxygens (including phenoxy) is 1. The minimum Gasteiger partial charge on any atom is -0.497 e. The van der Waals surface area contributed by atoms with Crippen molar-refractivity contribution in [3.05, 3.63) is 65.0 Å². The van der Waals surface area contributed by atoms with E-state index in [1.807, 2.05) is 36.4 Å². The van der Waals surface area contributed by atoms with Crippen molar-refractivity contribution in [3.63, 3.8) is 0 Å². The molecule has 0 radical (unpaired) electrons. The lowest BCUT2D eigenvalue weighted by atomic mass is 10.2. The molecule has 0 unspecified atom stereocenters. The van der Waals surface area contributed by atoms with Crippen LogP contribution in [0.1, 0.15) is 11.1 Å². The first-order chi connectivity index (χ1) is 11.8. The van der Waals surface area contributed by atoms with Gasteiger partial charge >= 0.3 is 0 Å². The zero-order valence-corrected chi connectivity index (χ0v) is 14.1. The first-order valence-corrected chi connectivity index (χ1v) is 8.34. The highest BCUT2D eigenvalue weighted by Gasteiger charge is 2.00. The second kappa shape index (κ2) is 7.61. The molecule has 3 rings (SSSR count). The van der Waals surface area contributed by atoms with Gasteiger partial charge in [-0.1, -0.05) is 30.3 Å². The van der Waals surface area contributed by atoms with Gasteiger partial charge in [-0.25, -0.2) is 0 Å². The molecule has 3 N–H and O–H groups in total. The van der Waals surface area contributed by atoms with E-state index in [2.05, 4.69) is 33.0 Å². The maximum atomic E-state index is 5.83. The molecule has 0 atom stereocenters. The van der Waals surface area contributed by atoms with Crippen LogP contribution in [0.5, 0.6) is 5.75 Å². The van der Waals surface area contributed by atoms with Crippen molar-refractivity contribution >= 4 is 33.6 Å². The van der Waals surface area contributed by atoms with Crippen LogP contribution in [-0.4, -0.2) is 19.3 Å². The average molecular weight is 338 g/mol. The van der Waals surface area contributed by atoms with E-state index in [1.165, 1.54) is 10.1 Å². The maximum Gasteiger partial charge on any atom is 0.214 e. The van der Waals surface area contributed by atoms with Crippen molar-refractivity contribution in [3.8, 4) is 5.75 Å². The average Bonchev–Trinajstić information content (AvgIpc) is 3.04. The lowest BCUT2D eigenvalue weighted by Crippen LogP contribution is -2.30. The third kappa shape index (κ3) is 3.91. The van der Waals surface area contributed by atoms with Crippen molar-refractivity contribution in [2.24, 2.45) is 15.9 Å². The molecule has 0 spiro atoms. The zero-order valence-electron chi connectivity index (χ0n) is 13.3. The predicted molar refractivity (Wildman–Crippen MR) is 101 cm³/mol. The Morgan fingerprint density at radius 2 is 2.00 bits per heavy atom. The van der Waals surface area contributed by atoms with E-state index < -0.39 is 0 Å². The Bertz CT molecular complexity index is 868. The number of methoxy groups -OCH3 is 1. The van der Waals surface area contributed by atoms with Gasteiger partial charge in [-0.3, -0.25) is 0 Å². The topological polar surface area (TPSA) is 72.0 Å². The normalized spacial score (nSPS) is 12.0. The molecule has 1 heterocycles. The molecule has 0 saturated carbocycles. The lowest BCUT2D eigenvalue weighted by Gasteiger charge is -2.05. The van der Waals surface area contributed by atoms with E-state index in [9.17, 15) is 0 Å². The van der Waals surface area contributed by atoms with Gasteiger partial charge in [0.2, 0.25) is 5.96 Å². The van der Waals surface area contributed by atoms with Gasteiger partial charge in [0.1, 0.15) is 5.75 Å². The standard InChI is InChI=1S/C18H18N4OS/c1-23-15-8-6-13(7-9-15)10-20-18(19)22-21-11-14-12-24-17-5-3-2-4-16(14)17/h2-9,11-12H,10H2,1H3,(H3,19,20,22)/b21-11+. The van der Waals surface area contributed by atoms with E-state index in [0.717, 1.165) is 16.9 Å². The summed E-state index contributed by atoms with van der Waals surface area (Å²) in [5.41, 5.74) is 7.96. The number of hydrogen-bond acceptors (Lipinski definition) is 4. The van der Waals surface area contributed by atoms with Crippen LogP contribution >= 0.6 is 11.3 Å². The Hall–Kier alpha value is -2.86. The van der Waals surface area contributed by atoms with E-state index in [-0.39, 0.29) is 5.96 Å². The van der Waals surface area contributed by atoms with E-state index in [1.54, 1.807) is 24.7 Å². The number of guanidine groups is 1. The van der Waals surface area contributed by atoms with Crippen molar-refractivity contribution in [1.29, 1.82) is 0 Å².